The molecular weight excluding hydrogens is 418 g/mol. The molecule has 0 aliphatic heterocycles. The molecule has 2 aromatic heterocycles. The molecule has 0 saturated carbocycles. The molecular formula is C22H18BrN3S. The standard InChI is InChI=1S/C22H18BrN3S/c23-18-11-9-17(10-12-18)21-16-27-22(25-20-7-2-1-3-8-20)26(21)15-13-19-6-4-5-14-24-19/h1-12,14,16H,13,15H2. The van der Waals surface area contributed by atoms with Crippen LogP contribution in [0.25, 0.3) is 11.3 Å². The van der Waals surface area contributed by atoms with Gasteiger partial charge in [-0.25, -0.2) is 4.99 Å². The molecule has 0 atom stereocenters. The van der Waals surface area contributed by atoms with Crippen molar-refractivity contribution in [1.29, 1.82) is 0 Å². The summed E-state index contributed by atoms with van der Waals surface area (Å²) in [5.74, 6) is 0. The number of hydrogen-bond acceptors (Lipinski definition) is 3. The number of rotatable bonds is 5. The summed E-state index contributed by atoms with van der Waals surface area (Å²) in [4.78, 5) is 10.3. The van der Waals surface area contributed by atoms with E-state index in [0.717, 1.165) is 33.6 Å². The summed E-state index contributed by atoms with van der Waals surface area (Å²) in [6.07, 6.45) is 2.71. The van der Waals surface area contributed by atoms with Gasteiger partial charge in [-0.2, -0.15) is 0 Å². The number of aryl methyl sites for hydroxylation is 1. The monoisotopic (exact) mass is 435 g/mol. The predicted octanol–water partition coefficient (Wildman–Crippen LogP) is 5.85. The van der Waals surface area contributed by atoms with Crippen LogP contribution in [-0.4, -0.2) is 9.55 Å². The van der Waals surface area contributed by atoms with Crippen molar-refractivity contribution in [1.82, 2.24) is 9.55 Å². The lowest BCUT2D eigenvalue weighted by Gasteiger charge is -2.09. The van der Waals surface area contributed by atoms with Crippen molar-refractivity contribution < 1.29 is 0 Å². The van der Waals surface area contributed by atoms with Crippen molar-refractivity contribution in [3.63, 3.8) is 0 Å². The highest BCUT2D eigenvalue weighted by Gasteiger charge is 2.09. The van der Waals surface area contributed by atoms with Crippen molar-refractivity contribution >= 4 is 33.0 Å². The zero-order valence-electron chi connectivity index (χ0n) is 14.6. The SMILES string of the molecule is Brc1ccc(-c2csc(=Nc3ccccc3)n2CCc2ccccn2)cc1. The number of halogens is 1. The summed E-state index contributed by atoms with van der Waals surface area (Å²) in [5.41, 5.74) is 4.42. The molecule has 0 saturated heterocycles. The largest absolute Gasteiger partial charge is 0.316 e. The van der Waals surface area contributed by atoms with Gasteiger partial charge in [-0.15, -0.1) is 11.3 Å². The van der Waals surface area contributed by atoms with Gasteiger partial charge in [-0.1, -0.05) is 52.3 Å². The van der Waals surface area contributed by atoms with Crippen LogP contribution in [0.2, 0.25) is 0 Å². The highest BCUT2D eigenvalue weighted by Crippen LogP contribution is 2.23. The Kier molecular flexibility index (Phi) is 5.61. The lowest BCUT2D eigenvalue weighted by atomic mass is 10.1. The van der Waals surface area contributed by atoms with Gasteiger partial charge in [0.15, 0.2) is 4.80 Å². The molecule has 0 N–H and O–H groups in total. The van der Waals surface area contributed by atoms with E-state index in [2.05, 4.69) is 61.2 Å². The van der Waals surface area contributed by atoms with Crippen molar-refractivity contribution in [2.75, 3.05) is 0 Å². The molecule has 0 bridgehead atoms. The minimum Gasteiger partial charge on any atom is -0.316 e. The number of nitrogens with zero attached hydrogens (tertiary/aromatic N) is 3. The normalized spacial score (nSPS) is 11.7. The Morgan fingerprint density at radius 2 is 1.70 bits per heavy atom. The molecule has 0 aliphatic rings. The number of pyridine rings is 1. The number of hydrogen-bond donors (Lipinski definition) is 0. The average molecular weight is 436 g/mol. The minimum absolute atomic E-state index is 0.831. The van der Waals surface area contributed by atoms with E-state index in [9.17, 15) is 0 Å². The summed E-state index contributed by atoms with van der Waals surface area (Å²) in [6.45, 7) is 0.831. The molecule has 27 heavy (non-hydrogen) atoms. The molecule has 5 heteroatoms. The number of aromatic nitrogens is 2. The van der Waals surface area contributed by atoms with Crippen LogP contribution >= 0.6 is 27.3 Å². The van der Waals surface area contributed by atoms with Gasteiger partial charge >= 0.3 is 0 Å². The van der Waals surface area contributed by atoms with Gasteiger partial charge in [-0.05, 0) is 42.0 Å². The second kappa shape index (κ2) is 8.46. The summed E-state index contributed by atoms with van der Waals surface area (Å²) >= 11 is 5.19. The molecule has 0 aliphatic carbocycles. The highest BCUT2D eigenvalue weighted by molar-refractivity contribution is 9.10. The first-order valence-electron chi connectivity index (χ1n) is 8.73. The molecule has 4 rings (SSSR count). The van der Waals surface area contributed by atoms with Crippen molar-refractivity contribution in [2.45, 2.75) is 13.0 Å². The molecule has 0 spiro atoms. The van der Waals surface area contributed by atoms with Crippen molar-refractivity contribution in [3.05, 3.63) is 99.3 Å². The third-order valence-corrected chi connectivity index (χ3v) is 5.63. The average Bonchev–Trinajstić information content (AvgIpc) is 3.11. The molecule has 0 fully saturated rings. The van der Waals surface area contributed by atoms with Crippen LogP contribution in [0, 0.1) is 0 Å². The van der Waals surface area contributed by atoms with Crippen molar-refractivity contribution in [2.24, 2.45) is 4.99 Å². The Balaban J connectivity index is 1.75. The number of benzene rings is 2. The van der Waals surface area contributed by atoms with E-state index in [0.29, 0.717) is 0 Å². The van der Waals surface area contributed by atoms with E-state index in [4.69, 9.17) is 4.99 Å². The third kappa shape index (κ3) is 4.43. The fourth-order valence-electron chi connectivity index (χ4n) is 2.87. The van der Waals surface area contributed by atoms with Crippen LogP contribution in [0.4, 0.5) is 5.69 Å². The summed E-state index contributed by atoms with van der Waals surface area (Å²) in [5, 5.41) is 2.18. The Bertz CT molecular complexity index is 1070. The smallest absolute Gasteiger partial charge is 0.190 e. The Morgan fingerprint density at radius 1 is 0.926 bits per heavy atom. The van der Waals surface area contributed by atoms with Crippen LogP contribution in [0.5, 0.6) is 0 Å². The molecule has 4 aromatic rings. The van der Waals surface area contributed by atoms with E-state index in [1.165, 1.54) is 11.3 Å². The lowest BCUT2D eigenvalue weighted by molar-refractivity contribution is 0.674. The van der Waals surface area contributed by atoms with Crippen LogP contribution < -0.4 is 4.80 Å². The lowest BCUT2D eigenvalue weighted by Crippen LogP contribution is -2.17. The molecule has 3 nitrogen and oxygen atoms in total. The summed E-state index contributed by atoms with van der Waals surface area (Å²) in [7, 11) is 0. The second-order valence-electron chi connectivity index (χ2n) is 6.08. The van der Waals surface area contributed by atoms with Crippen molar-refractivity contribution in [3.8, 4) is 11.3 Å². The van der Waals surface area contributed by atoms with Gasteiger partial charge in [0.2, 0.25) is 0 Å². The highest BCUT2D eigenvalue weighted by atomic mass is 79.9. The third-order valence-electron chi connectivity index (χ3n) is 4.24. The number of thiazole rings is 1. The maximum Gasteiger partial charge on any atom is 0.190 e. The van der Waals surface area contributed by atoms with E-state index >= 15 is 0 Å². The molecule has 2 heterocycles. The Morgan fingerprint density at radius 3 is 2.44 bits per heavy atom. The zero-order valence-corrected chi connectivity index (χ0v) is 17.0. The molecule has 134 valence electrons. The van der Waals surface area contributed by atoms with Gasteiger partial charge in [0.25, 0.3) is 0 Å². The quantitative estimate of drug-likeness (QED) is 0.386. The molecule has 0 radical (unpaired) electrons. The predicted molar refractivity (Wildman–Crippen MR) is 115 cm³/mol. The Hall–Kier alpha value is -2.50. The first kappa shape index (κ1) is 17.9. The van der Waals surface area contributed by atoms with E-state index in [1.54, 1.807) is 11.3 Å². The zero-order chi connectivity index (χ0) is 18.5. The maximum absolute atomic E-state index is 4.87. The van der Waals surface area contributed by atoms with E-state index in [-0.39, 0.29) is 0 Å². The summed E-state index contributed by atoms with van der Waals surface area (Å²) < 4.78 is 3.37. The fraction of sp³-hybridized carbons (Fsp3) is 0.0909. The Labute approximate surface area is 170 Å². The van der Waals surface area contributed by atoms with Gasteiger partial charge in [0, 0.05) is 34.7 Å². The van der Waals surface area contributed by atoms with Gasteiger partial charge in [-0.3, -0.25) is 4.98 Å². The van der Waals surface area contributed by atoms with E-state index in [1.807, 2.05) is 48.7 Å². The molecule has 0 unspecified atom stereocenters. The van der Waals surface area contributed by atoms with Gasteiger partial charge in [0.05, 0.1) is 11.4 Å². The van der Waals surface area contributed by atoms with Crippen LogP contribution in [0.15, 0.2) is 93.8 Å². The fourth-order valence-corrected chi connectivity index (χ4v) is 4.09. The topological polar surface area (TPSA) is 30.2 Å². The molecule has 0 amide bonds. The van der Waals surface area contributed by atoms with Crippen LogP contribution in [0.3, 0.4) is 0 Å². The van der Waals surface area contributed by atoms with Crippen LogP contribution in [0.1, 0.15) is 5.69 Å². The van der Waals surface area contributed by atoms with Gasteiger partial charge in [0.1, 0.15) is 0 Å². The van der Waals surface area contributed by atoms with E-state index < -0.39 is 0 Å². The summed E-state index contributed by atoms with van der Waals surface area (Å²) in [6, 6.07) is 24.6. The van der Waals surface area contributed by atoms with Gasteiger partial charge < -0.3 is 4.57 Å². The number of para-hydroxylation sites is 1. The first-order chi connectivity index (χ1) is 13.3. The first-order valence-corrected chi connectivity index (χ1v) is 10.4. The second-order valence-corrected chi connectivity index (χ2v) is 7.83. The van der Waals surface area contributed by atoms with Crippen LogP contribution in [-0.2, 0) is 13.0 Å². The molecule has 2 aromatic carbocycles. The minimum atomic E-state index is 0.831. The maximum atomic E-state index is 4.87.